The molecule has 3 heterocycles. The molecular formula is C26H31ClN4O. The molecular weight excluding hydrogens is 420 g/mol. The standard InChI is InChI=1S/C26H31ClN4O/c27-22-11-9-21(10-12-22)26-23(31-13-5-4-8-24(31)28-26)19-29-14-16-30(17-15-29)25(32)18-20-6-2-1-3-7-20/h4-5,8-13,20H,1-3,6-7,14-19H2. The van der Waals surface area contributed by atoms with Gasteiger partial charge in [0.05, 0.1) is 11.4 Å². The summed E-state index contributed by atoms with van der Waals surface area (Å²) >= 11 is 6.11. The van der Waals surface area contributed by atoms with E-state index in [9.17, 15) is 4.79 Å². The second-order valence-corrected chi connectivity index (χ2v) is 9.64. The lowest BCUT2D eigenvalue weighted by atomic mass is 9.86. The maximum atomic E-state index is 12.8. The van der Waals surface area contributed by atoms with E-state index in [1.165, 1.54) is 37.8 Å². The van der Waals surface area contributed by atoms with Gasteiger partial charge in [0, 0.05) is 55.9 Å². The summed E-state index contributed by atoms with van der Waals surface area (Å²) in [5.74, 6) is 0.961. The minimum absolute atomic E-state index is 0.355. The summed E-state index contributed by atoms with van der Waals surface area (Å²) in [4.78, 5) is 22.3. The first kappa shape index (κ1) is 21.5. The van der Waals surface area contributed by atoms with Crippen molar-refractivity contribution in [1.29, 1.82) is 0 Å². The van der Waals surface area contributed by atoms with Crippen molar-refractivity contribution >= 4 is 23.2 Å². The highest BCUT2D eigenvalue weighted by molar-refractivity contribution is 6.30. The maximum Gasteiger partial charge on any atom is 0.222 e. The van der Waals surface area contributed by atoms with Crippen LogP contribution in [0.15, 0.2) is 48.7 Å². The zero-order valence-electron chi connectivity index (χ0n) is 18.5. The smallest absolute Gasteiger partial charge is 0.222 e. The fourth-order valence-corrected chi connectivity index (χ4v) is 5.30. The molecule has 0 radical (unpaired) electrons. The Morgan fingerprint density at radius 2 is 1.72 bits per heavy atom. The molecule has 2 aliphatic rings. The highest BCUT2D eigenvalue weighted by atomic mass is 35.5. The molecule has 2 fully saturated rings. The number of hydrogen-bond donors (Lipinski definition) is 0. The minimum Gasteiger partial charge on any atom is -0.340 e. The number of imidazole rings is 1. The van der Waals surface area contributed by atoms with E-state index < -0.39 is 0 Å². The number of pyridine rings is 1. The van der Waals surface area contributed by atoms with E-state index in [1.54, 1.807) is 0 Å². The van der Waals surface area contributed by atoms with Gasteiger partial charge in [-0.25, -0.2) is 4.98 Å². The maximum absolute atomic E-state index is 12.8. The van der Waals surface area contributed by atoms with Gasteiger partial charge in [0.2, 0.25) is 5.91 Å². The zero-order chi connectivity index (χ0) is 21.9. The molecule has 1 aromatic carbocycles. The Morgan fingerprint density at radius 3 is 2.47 bits per heavy atom. The fraction of sp³-hybridized carbons (Fsp3) is 0.462. The van der Waals surface area contributed by atoms with Crippen molar-refractivity contribution in [1.82, 2.24) is 19.2 Å². The van der Waals surface area contributed by atoms with E-state index >= 15 is 0 Å². The van der Waals surface area contributed by atoms with Crippen LogP contribution in [0.25, 0.3) is 16.9 Å². The van der Waals surface area contributed by atoms with Crippen LogP contribution in [0.1, 0.15) is 44.2 Å². The van der Waals surface area contributed by atoms with Crippen molar-refractivity contribution in [2.24, 2.45) is 5.92 Å². The van der Waals surface area contributed by atoms with Crippen LogP contribution in [0, 0.1) is 5.92 Å². The lowest BCUT2D eigenvalue weighted by molar-refractivity contribution is -0.134. The number of carbonyl (C=O) groups excluding carboxylic acids is 1. The van der Waals surface area contributed by atoms with Gasteiger partial charge in [-0.1, -0.05) is 49.1 Å². The Kier molecular flexibility index (Phi) is 6.47. The van der Waals surface area contributed by atoms with Crippen LogP contribution in [-0.4, -0.2) is 51.3 Å². The molecule has 5 rings (SSSR count). The van der Waals surface area contributed by atoms with Crippen molar-refractivity contribution in [2.45, 2.75) is 45.1 Å². The third-order valence-corrected chi connectivity index (χ3v) is 7.28. The summed E-state index contributed by atoms with van der Waals surface area (Å²) in [5.41, 5.74) is 4.22. The first-order valence-corrected chi connectivity index (χ1v) is 12.3. The van der Waals surface area contributed by atoms with Gasteiger partial charge in [0.15, 0.2) is 0 Å². The first-order valence-electron chi connectivity index (χ1n) is 11.9. The van der Waals surface area contributed by atoms with Gasteiger partial charge in [-0.15, -0.1) is 0 Å². The third kappa shape index (κ3) is 4.69. The Bertz CT molecular complexity index is 1060. The lowest BCUT2D eigenvalue weighted by Gasteiger charge is -2.35. The summed E-state index contributed by atoms with van der Waals surface area (Å²) in [6.45, 7) is 4.25. The van der Waals surface area contributed by atoms with E-state index in [-0.39, 0.29) is 0 Å². The zero-order valence-corrected chi connectivity index (χ0v) is 19.3. The first-order chi connectivity index (χ1) is 15.7. The molecule has 168 valence electrons. The third-order valence-electron chi connectivity index (χ3n) is 7.03. The predicted octanol–water partition coefficient (Wildman–Crippen LogP) is 5.27. The summed E-state index contributed by atoms with van der Waals surface area (Å²) in [7, 11) is 0. The molecule has 0 N–H and O–H groups in total. The van der Waals surface area contributed by atoms with Gasteiger partial charge in [-0.3, -0.25) is 9.69 Å². The minimum atomic E-state index is 0.355. The Labute approximate surface area is 195 Å². The SMILES string of the molecule is O=C(CC1CCCCC1)N1CCN(Cc2c(-c3ccc(Cl)cc3)nc3ccccn23)CC1. The van der Waals surface area contributed by atoms with Crippen LogP contribution in [0.5, 0.6) is 0 Å². The lowest BCUT2D eigenvalue weighted by Crippen LogP contribution is -2.48. The topological polar surface area (TPSA) is 40.9 Å². The Balaban J connectivity index is 1.27. The number of hydrogen-bond acceptors (Lipinski definition) is 3. The Hall–Kier alpha value is -2.37. The molecule has 6 heteroatoms. The number of benzene rings is 1. The number of piperazine rings is 1. The van der Waals surface area contributed by atoms with Crippen LogP contribution in [0.4, 0.5) is 0 Å². The number of carbonyl (C=O) groups is 1. The molecule has 0 unspecified atom stereocenters. The highest BCUT2D eigenvalue weighted by Gasteiger charge is 2.26. The van der Waals surface area contributed by atoms with Crippen molar-refractivity contribution in [3.05, 3.63) is 59.4 Å². The summed E-state index contributed by atoms with van der Waals surface area (Å²) in [6, 6.07) is 14.0. The Morgan fingerprint density at radius 1 is 0.969 bits per heavy atom. The van der Waals surface area contributed by atoms with Crippen LogP contribution >= 0.6 is 11.6 Å². The van der Waals surface area contributed by atoms with Crippen LogP contribution in [0.3, 0.4) is 0 Å². The molecule has 0 bridgehead atoms. The van der Waals surface area contributed by atoms with Crippen LogP contribution in [-0.2, 0) is 11.3 Å². The van der Waals surface area contributed by atoms with E-state index in [4.69, 9.17) is 16.6 Å². The molecule has 3 aromatic rings. The normalized spacial score (nSPS) is 18.3. The second-order valence-electron chi connectivity index (χ2n) is 9.21. The average molecular weight is 451 g/mol. The summed E-state index contributed by atoms with van der Waals surface area (Å²) in [5, 5.41) is 0.730. The van der Waals surface area contributed by atoms with Crippen molar-refractivity contribution in [3.8, 4) is 11.3 Å². The van der Waals surface area contributed by atoms with Gasteiger partial charge < -0.3 is 9.30 Å². The van der Waals surface area contributed by atoms with Crippen molar-refractivity contribution in [3.63, 3.8) is 0 Å². The molecule has 0 spiro atoms. The van der Waals surface area contributed by atoms with Crippen LogP contribution < -0.4 is 0 Å². The number of amides is 1. The molecule has 1 saturated carbocycles. The molecule has 2 aromatic heterocycles. The molecule has 0 atom stereocenters. The summed E-state index contributed by atoms with van der Waals surface area (Å²) in [6.07, 6.45) is 9.21. The quantitative estimate of drug-likeness (QED) is 0.531. The fourth-order valence-electron chi connectivity index (χ4n) is 5.17. The highest BCUT2D eigenvalue weighted by Crippen LogP contribution is 2.29. The van der Waals surface area contributed by atoms with E-state index in [2.05, 4.69) is 20.4 Å². The van der Waals surface area contributed by atoms with Gasteiger partial charge in [0.25, 0.3) is 0 Å². The number of rotatable bonds is 5. The van der Waals surface area contributed by atoms with Gasteiger partial charge in [-0.05, 0) is 43.0 Å². The number of nitrogens with zero attached hydrogens (tertiary/aromatic N) is 4. The average Bonchev–Trinajstić information content (AvgIpc) is 3.19. The molecule has 5 nitrogen and oxygen atoms in total. The molecule has 1 aliphatic carbocycles. The summed E-state index contributed by atoms with van der Waals surface area (Å²) < 4.78 is 2.19. The van der Waals surface area contributed by atoms with Gasteiger partial charge in [-0.2, -0.15) is 0 Å². The molecule has 1 aliphatic heterocycles. The second kappa shape index (κ2) is 9.63. The largest absolute Gasteiger partial charge is 0.340 e. The van der Waals surface area contributed by atoms with Crippen molar-refractivity contribution < 1.29 is 4.79 Å². The van der Waals surface area contributed by atoms with Crippen molar-refractivity contribution in [2.75, 3.05) is 26.2 Å². The van der Waals surface area contributed by atoms with Gasteiger partial charge in [0.1, 0.15) is 5.65 Å². The number of aromatic nitrogens is 2. The van der Waals surface area contributed by atoms with Crippen LogP contribution in [0.2, 0.25) is 5.02 Å². The number of halogens is 1. The van der Waals surface area contributed by atoms with E-state index in [0.29, 0.717) is 11.8 Å². The molecule has 32 heavy (non-hydrogen) atoms. The van der Waals surface area contributed by atoms with E-state index in [0.717, 1.165) is 61.1 Å². The number of fused-ring (bicyclic) bond motifs is 1. The molecule has 1 amide bonds. The molecule has 1 saturated heterocycles. The monoisotopic (exact) mass is 450 g/mol. The van der Waals surface area contributed by atoms with E-state index in [1.807, 2.05) is 42.5 Å². The van der Waals surface area contributed by atoms with Gasteiger partial charge >= 0.3 is 0 Å². The predicted molar refractivity (Wildman–Crippen MR) is 129 cm³/mol.